The predicted octanol–water partition coefficient (Wildman–Crippen LogP) is 1.96. The molecule has 0 aromatic carbocycles. The SMILES string of the molecule is CC(C)(C)S(=O)N[C@@H]1CCCC12CCNCC2. The van der Waals surface area contributed by atoms with Crippen molar-refractivity contribution in [1.29, 1.82) is 0 Å². The fourth-order valence-corrected chi connectivity index (χ4v) is 4.13. The Morgan fingerprint density at radius 3 is 2.47 bits per heavy atom. The average Bonchev–Trinajstić information content (AvgIpc) is 2.61. The van der Waals surface area contributed by atoms with Crippen LogP contribution in [0.1, 0.15) is 52.9 Å². The number of piperidine rings is 1. The van der Waals surface area contributed by atoms with E-state index in [2.05, 4.69) is 10.0 Å². The van der Waals surface area contributed by atoms with Crippen LogP contribution in [0.5, 0.6) is 0 Å². The van der Waals surface area contributed by atoms with E-state index in [-0.39, 0.29) is 4.75 Å². The summed E-state index contributed by atoms with van der Waals surface area (Å²) in [5.74, 6) is 0. The molecule has 2 atom stereocenters. The maximum atomic E-state index is 12.2. The Kier molecular flexibility index (Phi) is 3.96. The third-order valence-corrected chi connectivity index (χ3v) is 5.92. The van der Waals surface area contributed by atoms with E-state index in [1.54, 1.807) is 0 Å². The molecule has 2 rings (SSSR count). The second-order valence-electron chi connectivity index (χ2n) is 6.56. The van der Waals surface area contributed by atoms with Gasteiger partial charge in [-0.2, -0.15) is 0 Å². The van der Waals surface area contributed by atoms with E-state index in [0.717, 1.165) is 13.1 Å². The molecule has 1 heterocycles. The smallest absolute Gasteiger partial charge is 0.0972 e. The molecule has 2 fully saturated rings. The Morgan fingerprint density at radius 2 is 1.88 bits per heavy atom. The minimum atomic E-state index is -0.925. The van der Waals surface area contributed by atoms with Crippen LogP contribution in [0.4, 0.5) is 0 Å². The largest absolute Gasteiger partial charge is 0.317 e. The molecule has 17 heavy (non-hydrogen) atoms. The molecule has 2 N–H and O–H groups in total. The molecule has 100 valence electrons. The monoisotopic (exact) mass is 258 g/mol. The minimum absolute atomic E-state index is 0.156. The number of nitrogens with one attached hydrogen (secondary N) is 2. The van der Waals surface area contributed by atoms with Crippen LogP contribution in [0.25, 0.3) is 0 Å². The Bertz CT molecular complexity index is 292. The van der Waals surface area contributed by atoms with E-state index < -0.39 is 11.0 Å². The lowest BCUT2D eigenvalue weighted by Gasteiger charge is -2.40. The highest BCUT2D eigenvalue weighted by Gasteiger charge is 2.44. The Hall–Kier alpha value is 0.0700. The van der Waals surface area contributed by atoms with E-state index in [1.165, 1.54) is 32.1 Å². The third kappa shape index (κ3) is 2.91. The van der Waals surface area contributed by atoms with Gasteiger partial charge in [-0.1, -0.05) is 6.42 Å². The summed E-state index contributed by atoms with van der Waals surface area (Å²) in [6.07, 6.45) is 6.28. The normalized spacial score (nSPS) is 30.6. The maximum absolute atomic E-state index is 12.2. The first-order valence-electron chi connectivity index (χ1n) is 6.83. The van der Waals surface area contributed by atoms with Gasteiger partial charge in [-0.15, -0.1) is 0 Å². The van der Waals surface area contributed by atoms with Crippen LogP contribution in [-0.2, 0) is 11.0 Å². The van der Waals surface area contributed by atoms with Crippen molar-refractivity contribution in [1.82, 2.24) is 10.0 Å². The first-order chi connectivity index (χ1) is 7.94. The van der Waals surface area contributed by atoms with Crippen molar-refractivity contribution < 1.29 is 4.21 Å². The molecule has 2 aliphatic rings. The highest BCUT2D eigenvalue weighted by molar-refractivity contribution is 7.84. The summed E-state index contributed by atoms with van der Waals surface area (Å²) in [6.45, 7) is 8.38. The highest BCUT2D eigenvalue weighted by atomic mass is 32.2. The zero-order chi connectivity index (χ0) is 12.5. The summed E-state index contributed by atoms with van der Waals surface area (Å²) < 4.78 is 15.5. The fourth-order valence-electron chi connectivity index (χ4n) is 3.15. The Morgan fingerprint density at radius 1 is 1.24 bits per heavy atom. The molecule has 1 aliphatic heterocycles. The lowest BCUT2D eigenvalue weighted by Crippen LogP contribution is -2.50. The molecule has 1 spiro atoms. The topological polar surface area (TPSA) is 41.1 Å². The highest BCUT2D eigenvalue weighted by Crippen LogP contribution is 2.45. The number of rotatable bonds is 2. The summed E-state index contributed by atoms with van der Waals surface area (Å²) in [7, 11) is -0.925. The summed E-state index contributed by atoms with van der Waals surface area (Å²) >= 11 is 0. The van der Waals surface area contributed by atoms with E-state index >= 15 is 0 Å². The van der Waals surface area contributed by atoms with Crippen molar-refractivity contribution in [3.8, 4) is 0 Å². The van der Waals surface area contributed by atoms with Gasteiger partial charge in [0, 0.05) is 6.04 Å². The van der Waals surface area contributed by atoms with Gasteiger partial charge in [-0.3, -0.25) is 0 Å². The molecule has 0 aromatic heterocycles. The Balaban J connectivity index is 2.02. The molecule has 0 aromatic rings. The first kappa shape index (κ1) is 13.5. The third-order valence-electron chi connectivity index (χ3n) is 4.31. The summed E-state index contributed by atoms with van der Waals surface area (Å²) in [5, 5.41) is 3.44. The van der Waals surface area contributed by atoms with Crippen LogP contribution in [0.15, 0.2) is 0 Å². The van der Waals surface area contributed by atoms with E-state index in [0.29, 0.717) is 11.5 Å². The molecule has 1 aliphatic carbocycles. The summed E-state index contributed by atoms with van der Waals surface area (Å²) in [6, 6.07) is 0.463. The van der Waals surface area contributed by atoms with Crippen molar-refractivity contribution in [2.24, 2.45) is 5.41 Å². The van der Waals surface area contributed by atoms with Crippen LogP contribution >= 0.6 is 0 Å². The van der Waals surface area contributed by atoms with Gasteiger partial charge in [0.05, 0.1) is 15.7 Å². The first-order valence-corrected chi connectivity index (χ1v) is 7.98. The van der Waals surface area contributed by atoms with E-state index in [4.69, 9.17) is 0 Å². The number of hydrogen-bond acceptors (Lipinski definition) is 2. The fraction of sp³-hybridized carbons (Fsp3) is 1.00. The van der Waals surface area contributed by atoms with Gasteiger partial charge < -0.3 is 5.32 Å². The van der Waals surface area contributed by atoms with Crippen molar-refractivity contribution >= 4 is 11.0 Å². The maximum Gasteiger partial charge on any atom is 0.0972 e. The zero-order valence-electron chi connectivity index (χ0n) is 11.3. The summed E-state index contributed by atoms with van der Waals surface area (Å²) in [4.78, 5) is 0. The summed E-state index contributed by atoms with van der Waals surface area (Å²) in [5.41, 5.74) is 0.423. The molecule has 3 nitrogen and oxygen atoms in total. The molecule has 4 heteroatoms. The van der Waals surface area contributed by atoms with Gasteiger partial charge in [0.15, 0.2) is 0 Å². The second kappa shape index (κ2) is 4.98. The van der Waals surface area contributed by atoms with Gasteiger partial charge in [0.1, 0.15) is 0 Å². The van der Waals surface area contributed by atoms with Gasteiger partial charge in [-0.05, 0) is 65.0 Å². The van der Waals surface area contributed by atoms with Crippen LogP contribution in [0, 0.1) is 5.41 Å². The zero-order valence-corrected chi connectivity index (χ0v) is 12.2. The van der Waals surface area contributed by atoms with E-state index in [1.807, 2.05) is 20.8 Å². The van der Waals surface area contributed by atoms with E-state index in [9.17, 15) is 4.21 Å². The van der Waals surface area contributed by atoms with Crippen molar-refractivity contribution in [3.05, 3.63) is 0 Å². The van der Waals surface area contributed by atoms with Crippen LogP contribution in [-0.4, -0.2) is 28.1 Å². The van der Waals surface area contributed by atoms with Gasteiger partial charge in [-0.25, -0.2) is 8.93 Å². The van der Waals surface area contributed by atoms with Crippen LogP contribution < -0.4 is 10.0 Å². The van der Waals surface area contributed by atoms with Crippen molar-refractivity contribution in [2.45, 2.75) is 63.7 Å². The molecule has 1 saturated carbocycles. The van der Waals surface area contributed by atoms with Crippen molar-refractivity contribution in [3.63, 3.8) is 0 Å². The quantitative estimate of drug-likeness (QED) is 0.795. The van der Waals surface area contributed by atoms with Gasteiger partial charge in [0.2, 0.25) is 0 Å². The molecule has 0 amide bonds. The molecular formula is C13H26N2OS. The molecular weight excluding hydrogens is 232 g/mol. The van der Waals surface area contributed by atoms with Crippen LogP contribution in [0.2, 0.25) is 0 Å². The van der Waals surface area contributed by atoms with Gasteiger partial charge in [0.25, 0.3) is 0 Å². The van der Waals surface area contributed by atoms with Crippen molar-refractivity contribution in [2.75, 3.05) is 13.1 Å². The second-order valence-corrected chi connectivity index (χ2v) is 8.55. The standard InChI is InChI=1S/C13H26N2OS/c1-12(2,3)17(16)15-11-5-4-6-13(11)7-9-14-10-8-13/h11,14-15H,4-10H2,1-3H3/t11-,17?/m1/s1. The molecule has 1 saturated heterocycles. The minimum Gasteiger partial charge on any atom is -0.317 e. The lowest BCUT2D eigenvalue weighted by atomic mass is 9.75. The molecule has 0 radical (unpaired) electrons. The Labute approximate surface area is 108 Å². The number of hydrogen-bond donors (Lipinski definition) is 2. The van der Waals surface area contributed by atoms with Gasteiger partial charge >= 0.3 is 0 Å². The average molecular weight is 258 g/mol. The molecule has 0 bridgehead atoms. The van der Waals surface area contributed by atoms with Crippen LogP contribution in [0.3, 0.4) is 0 Å². The lowest BCUT2D eigenvalue weighted by molar-refractivity contribution is 0.175. The predicted molar refractivity (Wildman–Crippen MR) is 73.2 cm³/mol. The molecule has 1 unspecified atom stereocenters.